The standard InChI is InChI=1S/C15H20N4OS/c1-15(2,3)9-5-7-19(8-9)14(20)12-11(16)10-4-6-17-18-13(10)21-12/h4,6,9H,5,7-8,16H2,1-3H3. The average molecular weight is 304 g/mol. The van der Waals surface area contributed by atoms with Crippen LogP contribution in [-0.2, 0) is 0 Å². The maximum absolute atomic E-state index is 12.7. The molecular weight excluding hydrogens is 284 g/mol. The van der Waals surface area contributed by atoms with Crippen LogP contribution >= 0.6 is 11.3 Å². The number of carbonyl (C=O) groups is 1. The van der Waals surface area contributed by atoms with Crippen LogP contribution in [0, 0.1) is 11.3 Å². The van der Waals surface area contributed by atoms with E-state index in [9.17, 15) is 4.79 Å². The van der Waals surface area contributed by atoms with E-state index in [1.807, 2.05) is 11.0 Å². The minimum Gasteiger partial charge on any atom is -0.397 e. The lowest BCUT2D eigenvalue weighted by Gasteiger charge is -2.26. The monoisotopic (exact) mass is 304 g/mol. The number of thiophene rings is 1. The number of hydrogen-bond donors (Lipinski definition) is 1. The normalized spacial score (nSPS) is 19.4. The van der Waals surface area contributed by atoms with Gasteiger partial charge in [0.05, 0.1) is 11.9 Å². The van der Waals surface area contributed by atoms with E-state index in [4.69, 9.17) is 5.73 Å². The number of amides is 1. The second-order valence-electron chi connectivity index (χ2n) is 6.70. The zero-order valence-electron chi connectivity index (χ0n) is 12.6. The number of aromatic nitrogens is 2. The van der Waals surface area contributed by atoms with Gasteiger partial charge in [0.15, 0.2) is 0 Å². The number of carbonyl (C=O) groups excluding carboxylic acids is 1. The van der Waals surface area contributed by atoms with Crippen LogP contribution in [0.5, 0.6) is 0 Å². The Morgan fingerprint density at radius 2 is 2.24 bits per heavy atom. The summed E-state index contributed by atoms with van der Waals surface area (Å²) < 4.78 is 0. The molecule has 3 heterocycles. The molecule has 1 aliphatic heterocycles. The van der Waals surface area contributed by atoms with Crippen molar-refractivity contribution in [2.24, 2.45) is 11.3 Å². The largest absolute Gasteiger partial charge is 0.397 e. The summed E-state index contributed by atoms with van der Waals surface area (Å²) in [6, 6.07) is 1.81. The van der Waals surface area contributed by atoms with Gasteiger partial charge in [0.2, 0.25) is 0 Å². The van der Waals surface area contributed by atoms with Crippen molar-refractivity contribution in [3.8, 4) is 0 Å². The highest BCUT2D eigenvalue weighted by Crippen LogP contribution is 2.37. The van der Waals surface area contributed by atoms with Gasteiger partial charge in [0, 0.05) is 18.5 Å². The number of nitrogens with zero attached hydrogens (tertiary/aromatic N) is 3. The molecule has 6 heteroatoms. The van der Waals surface area contributed by atoms with E-state index in [2.05, 4.69) is 31.0 Å². The Hall–Kier alpha value is -1.69. The van der Waals surface area contributed by atoms with Gasteiger partial charge in [0.1, 0.15) is 9.71 Å². The third-order valence-electron chi connectivity index (χ3n) is 4.31. The van der Waals surface area contributed by atoms with Crippen molar-refractivity contribution in [1.82, 2.24) is 15.1 Å². The Labute approximate surface area is 128 Å². The Morgan fingerprint density at radius 3 is 2.86 bits per heavy atom. The molecule has 1 amide bonds. The fraction of sp³-hybridized carbons (Fsp3) is 0.533. The molecule has 21 heavy (non-hydrogen) atoms. The topological polar surface area (TPSA) is 72.1 Å². The lowest BCUT2D eigenvalue weighted by Crippen LogP contribution is -2.31. The summed E-state index contributed by atoms with van der Waals surface area (Å²) in [5, 5.41) is 8.72. The fourth-order valence-corrected chi connectivity index (χ4v) is 3.83. The molecule has 0 radical (unpaired) electrons. The minimum atomic E-state index is 0.0299. The van der Waals surface area contributed by atoms with Crippen LogP contribution in [0.2, 0.25) is 0 Å². The zero-order chi connectivity index (χ0) is 15.2. The van der Waals surface area contributed by atoms with Crippen LogP contribution in [0.15, 0.2) is 12.3 Å². The number of rotatable bonds is 1. The van der Waals surface area contributed by atoms with Crippen molar-refractivity contribution in [3.63, 3.8) is 0 Å². The fourth-order valence-electron chi connectivity index (χ4n) is 2.83. The summed E-state index contributed by atoms with van der Waals surface area (Å²) in [5.41, 5.74) is 6.89. The highest BCUT2D eigenvalue weighted by molar-refractivity contribution is 7.21. The average Bonchev–Trinajstić information content (AvgIpc) is 3.04. The summed E-state index contributed by atoms with van der Waals surface area (Å²) in [7, 11) is 0. The van der Waals surface area contributed by atoms with Gasteiger partial charge in [-0.3, -0.25) is 4.79 Å². The maximum atomic E-state index is 12.7. The molecule has 1 saturated heterocycles. The van der Waals surface area contributed by atoms with Gasteiger partial charge in [-0.1, -0.05) is 20.8 Å². The minimum absolute atomic E-state index is 0.0299. The second kappa shape index (κ2) is 4.94. The van der Waals surface area contributed by atoms with Gasteiger partial charge >= 0.3 is 0 Å². The predicted molar refractivity (Wildman–Crippen MR) is 85.3 cm³/mol. The first-order valence-electron chi connectivity index (χ1n) is 7.17. The molecule has 0 aliphatic carbocycles. The molecule has 112 valence electrons. The second-order valence-corrected chi connectivity index (χ2v) is 7.70. The molecule has 1 unspecified atom stereocenters. The summed E-state index contributed by atoms with van der Waals surface area (Å²) in [6.45, 7) is 8.31. The number of anilines is 1. The van der Waals surface area contributed by atoms with Gasteiger partial charge in [-0.15, -0.1) is 16.4 Å². The van der Waals surface area contributed by atoms with Gasteiger partial charge in [-0.05, 0) is 23.8 Å². The van der Waals surface area contributed by atoms with Crippen LogP contribution in [0.25, 0.3) is 10.2 Å². The third kappa shape index (κ3) is 2.48. The summed E-state index contributed by atoms with van der Waals surface area (Å²) in [5.74, 6) is 0.569. The van der Waals surface area contributed by atoms with Crippen molar-refractivity contribution in [2.45, 2.75) is 27.2 Å². The first kappa shape index (κ1) is 14.3. The van der Waals surface area contributed by atoms with Crippen LogP contribution < -0.4 is 5.73 Å². The molecule has 0 saturated carbocycles. The number of nitrogen functional groups attached to an aromatic ring is 1. The molecular formula is C15H20N4OS. The highest BCUT2D eigenvalue weighted by Gasteiger charge is 2.35. The van der Waals surface area contributed by atoms with Gasteiger partial charge < -0.3 is 10.6 Å². The lowest BCUT2D eigenvalue weighted by atomic mass is 9.80. The summed E-state index contributed by atoms with van der Waals surface area (Å²) in [6.07, 6.45) is 2.66. The van der Waals surface area contributed by atoms with Crippen molar-refractivity contribution in [3.05, 3.63) is 17.1 Å². The molecule has 3 rings (SSSR count). The molecule has 2 N–H and O–H groups in total. The Morgan fingerprint density at radius 1 is 1.48 bits per heavy atom. The van der Waals surface area contributed by atoms with Gasteiger partial charge in [-0.25, -0.2) is 0 Å². The molecule has 5 nitrogen and oxygen atoms in total. The van der Waals surface area contributed by atoms with E-state index in [1.54, 1.807) is 6.20 Å². The first-order chi connectivity index (χ1) is 9.88. The molecule has 1 aliphatic rings. The van der Waals surface area contributed by atoms with Gasteiger partial charge in [0.25, 0.3) is 5.91 Å². The number of hydrogen-bond acceptors (Lipinski definition) is 5. The van der Waals surface area contributed by atoms with Crippen LogP contribution in [0.1, 0.15) is 36.9 Å². The van der Waals surface area contributed by atoms with E-state index in [0.29, 0.717) is 16.5 Å². The molecule has 0 bridgehead atoms. The third-order valence-corrected chi connectivity index (χ3v) is 5.41. The molecule has 2 aromatic rings. The lowest BCUT2D eigenvalue weighted by molar-refractivity contribution is 0.0782. The quantitative estimate of drug-likeness (QED) is 0.879. The first-order valence-corrected chi connectivity index (χ1v) is 7.98. The number of fused-ring (bicyclic) bond motifs is 1. The van der Waals surface area contributed by atoms with Crippen LogP contribution in [-0.4, -0.2) is 34.1 Å². The van der Waals surface area contributed by atoms with Crippen molar-refractivity contribution in [2.75, 3.05) is 18.8 Å². The Bertz CT molecular complexity index is 689. The highest BCUT2D eigenvalue weighted by atomic mass is 32.1. The Kier molecular flexibility index (Phi) is 3.36. The maximum Gasteiger partial charge on any atom is 0.266 e. The Balaban J connectivity index is 1.87. The smallest absolute Gasteiger partial charge is 0.266 e. The van der Waals surface area contributed by atoms with E-state index in [1.165, 1.54) is 11.3 Å². The van der Waals surface area contributed by atoms with Crippen molar-refractivity contribution < 1.29 is 4.79 Å². The van der Waals surface area contributed by atoms with E-state index in [0.717, 1.165) is 29.7 Å². The van der Waals surface area contributed by atoms with Crippen LogP contribution in [0.4, 0.5) is 5.69 Å². The van der Waals surface area contributed by atoms with Crippen molar-refractivity contribution >= 4 is 33.1 Å². The number of nitrogens with two attached hydrogens (primary N) is 1. The molecule has 0 spiro atoms. The van der Waals surface area contributed by atoms with E-state index in [-0.39, 0.29) is 11.3 Å². The molecule has 1 atom stereocenters. The molecule has 2 aromatic heterocycles. The number of likely N-dealkylation sites (tertiary alicyclic amines) is 1. The van der Waals surface area contributed by atoms with Crippen LogP contribution in [0.3, 0.4) is 0 Å². The SMILES string of the molecule is CC(C)(C)C1CCN(C(=O)c2sc3nnccc3c2N)C1. The molecule has 1 fully saturated rings. The predicted octanol–water partition coefficient (Wildman–Crippen LogP) is 2.78. The van der Waals surface area contributed by atoms with E-state index < -0.39 is 0 Å². The van der Waals surface area contributed by atoms with E-state index >= 15 is 0 Å². The zero-order valence-corrected chi connectivity index (χ0v) is 13.4. The van der Waals surface area contributed by atoms with Gasteiger partial charge in [-0.2, -0.15) is 5.10 Å². The summed E-state index contributed by atoms with van der Waals surface area (Å²) in [4.78, 5) is 16.0. The van der Waals surface area contributed by atoms with Crippen molar-refractivity contribution in [1.29, 1.82) is 0 Å². The molecule has 0 aromatic carbocycles. The summed E-state index contributed by atoms with van der Waals surface area (Å²) >= 11 is 1.34.